The van der Waals surface area contributed by atoms with Gasteiger partial charge in [0.2, 0.25) is 0 Å². The predicted molar refractivity (Wildman–Crippen MR) is 93.0 cm³/mol. The molecule has 1 aliphatic heterocycles. The normalized spacial score (nSPS) is 17.4. The number of carbonyl (C=O) groups is 1. The summed E-state index contributed by atoms with van der Waals surface area (Å²) in [6.45, 7) is 8.19. The lowest BCUT2D eigenvalue weighted by molar-refractivity contribution is 0.0701. The summed E-state index contributed by atoms with van der Waals surface area (Å²) in [6.07, 6.45) is 5.07. The lowest BCUT2D eigenvalue weighted by Crippen LogP contribution is -2.45. The summed E-state index contributed by atoms with van der Waals surface area (Å²) >= 11 is 1.86. The van der Waals surface area contributed by atoms with Crippen molar-refractivity contribution in [2.24, 2.45) is 0 Å². The highest BCUT2D eigenvalue weighted by Gasteiger charge is 2.25. The summed E-state index contributed by atoms with van der Waals surface area (Å²) in [6, 6.07) is 4.85. The number of hydrogen-bond acceptors (Lipinski definition) is 4. The number of rotatable bonds is 4. The van der Waals surface area contributed by atoms with E-state index in [9.17, 15) is 4.79 Å². The third-order valence-corrected chi connectivity index (χ3v) is 5.56. The first-order chi connectivity index (χ1) is 11.0. The first-order valence-electron chi connectivity index (χ1n) is 8.19. The van der Waals surface area contributed by atoms with Crippen LogP contribution in [0.5, 0.6) is 0 Å². The first kappa shape index (κ1) is 16.3. The van der Waals surface area contributed by atoms with Crippen LogP contribution in [0.1, 0.15) is 51.5 Å². The number of nitrogens with zero attached hydrogens (tertiary/aromatic N) is 1. The van der Waals surface area contributed by atoms with Gasteiger partial charge in [-0.15, -0.1) is 11.3 Å². The van der Waals surface area contributed by atoms with Gasteiger partial charge in [-0.05, 0) is 51.3 Å². The van der Waals surface area contributed by atoms with Gasteiger partial charge in [0.1, 0.15) is 6.26 Å². The summed E-state index contributed by atoms with van der Waals surface area (Å²) in [4.78, 5) is 17.0. The molecule has 0 radical (unpaired) electrons. The second-order valence-corrected chi connectivity index (χ2v) is 7.80. The van der Waals surface area contributed by atoms with E-state index in [0.29, 0.717) is 17.6 Å². The van der Waals surface area contributed by atoms with Gasteiger partial charge in [0.25, 0.3) is 5.91 Å². The highest BCUT2D eigenvalue weighted by atomic mass is 32.1. The number of furan rings is 1. The van der Waals surface area contributed by atoms with Crippen molar-refractivity contribution >= 4 is 17.2 Å². The van der Waals surface area contributed by atoms with Crippen molar-refractivity contribution in [3.05, 3.63) is 45.5 Å². The predicted octanol–water partition coefficient (Wildman–Crippen LogP) is 3.91. The fourth-order valence-electron chi connectivity index (χ4n) is 3.34. The van der Waals surface area contributed by atoms with Crippen LogP contribution in [0.2, 0.25) is 0 Å². The Labute approximate surface area is 141 Å². The van der Waals surface area contributed by atoms with Gasteiger partial charge in [-0.25, -0.2) is 0 Å². The van der Waals surface area contributed by atoms with Gasteiger partial charge in [0.05, 0.1) is 11.8 Å². The Hall–Kier alpha value is -1.59. The fraction of sp³-hybridized carbons (Fsp3) is 0.500. The second kappa shape index (κ2) is 6.89. The summed E-state index contributed by atoms with van der Waals surface area (Å²) in [5, 5.41) is 3.73. The molecule has 1 saturated heterocycles. The lowest BCUT2D eigenvalue weighted by Gasteiger charge is -2.34. The van der Waals surface area contributed by atoms with Gasteiger partial charge < -0.3 is 14.6 Å². The number of likely N-dealkylation sites (tertiary alicyclic amines) is 1. The highest BCUT2D eigenvalue weighted by Crippen LogP contribution is 2.27. The Kier molecular flexibility index (Phi) is 4.87. The van der Waals surface area contributed by atoms with Crippen LogP contribution < -0.4 is 5.32 Å². The Balaban J connectivity index is 1.53. The molecule has 1 N–H and O–H groups in total. The molecular weight excluding hydrogens is 308 g/mol. The van der Waals surface area contributed by atoms with Crippen molar-refractivity contribution < 1.29 is 9.21 Å². The molecule has 0 saturated carbocycles. The summed E-state index contributed by atoms with van der Waals surface area (Å²) < 4.78 is 5.00. The van der Waals surface area contributed by atoms with Crippen LogP contribution >= 0.6 is 11.3 Å². The summed E-state index contributed by atoms with van der Waals surface area (Å²) in [5.74, 6) is 0.0783. The largest absolute Gasteiger partial charge is 0.472 e. The standard InChI is InChI=1S/C18H24N2O2S/c1-12-10-17(14(3)23-12)13(2)19-16-4-7-20(8-5-16)18(21)15-6-9-22-11-15/h6,9-11,13,16,19H,4-5,7-8H2,1-3H3. The number of thiophene rings is 1. The first-order valence-corrected chi connectivity index (χ1v) is 9.00. The summed E-state index contributed by atoms with van der Waals surface area (Å²) in [5.41, 5.74) is 2.05. The molecule has 23 heavy (non-hydrogen) atoms. The van der Waals surface area contributed by atoms with Crippen molar-refractivity contribution in [3.8, 4) is 0 Å². The number of piperidine rings is 1. The average molecular weight is 332 g/mol. The van der Waals surface area contributed by atoms with E-state index >= 15 is 0 Å². The van der Waals surface area contributed by atoms with Crippen molar-refractivity contribution in [1.29, 1.82) is 0 Å². The van der Waals surface area contributed by atoms with E-state index < -0.39 is 0 Å². The molecule has 2 aromatic heterocycles. The Bertz CT molecular complexity index is 655. The van der Waals surface area contributed by atoms with Crippen molar-refractivity contribution in [1.82, 2.24) is 10.2 Å². The Morgan fingerprint density at radius 2 is 2.13 bits per heavy atom. The quantitative estimate of drug-likeness (QED) is 0.923. The third kappa shape index (κ3) is 3.67. The van der Waals surface area contributed by atoms with Gasteiger partial charge in [-0.3, -0.25) is 4.79 Å². The van der Waals surface area contributed by atoms with E-state index in [1.165, 1.54) is 21.6 Å². The zero-order valence-electron chi connectivity index (χ0n) is 14.0. The van der Waals surface area contributed by atoms with E-state index in [0.717, 1.165) is 25.9 Å². The molecule has 1 unspecified atom stereocenters. The SMILES string of the molecule is Cc1cc(C(C)NC2CCN(C(=O)c3ccoc3)CC2)c(C)s1. The van der Waals surface area contributed by atoms with Crippen LogP contribution in [-0.4, -0.2) is 29.9 Å². The molecule has 5 heteroatoms. The minimum Gasteiger partial charge on any atom is -0.472 e. The number of nitrogens with one attached hydrogen (secondary N) is 1. The van der Waals surface area contributed by atoms with Gasteiger partial charge in [0.15, 0.2) is 0 Å². The molecule has 2 aromatic rings. The molecule has 1 aliphatic rings. The van der Waals surface area contributed by atoms with Crippen LogP contribution in [0.4, 0.5) is 0 Å². The van der Waals surface area contributed by atoms with E-state index in [-0.39, 0.29) is 5.91 Å². The van der Waals surface area contributed by atoms with Gasteiger partial charge in [-0.2, -0.15) is 0 Å². The molecule has 1 fully saturated rings. The zero-order valence-corrected chi connectivity index (χ0v) is 14.8. The monoisotopic (exact) mass is 332 g/mol. The van der Waals surface area contributed by atoms with Crippen molar-refractivity contribution in [2.75, 3.05) is 13.1 Å². The lowest BCUT2D eigenvalue weighted by atomic mass is 10.0. The molecule has 3 heterocycles. The average Bonchev–Trinajstić information content (AvgIpc) is 3.17. The molecule has 1 amide bonds. The second-order valence-electron chi connectivity index (χ2n) is 6.34. The maximum Gasteiger partial charge on any atom is 0.257 e. The molecule has 0 aromatic carbocycles. The number of carbonyl (C=O) groups excluding carboxylic acids is 1. The van der Waals surface area contributed by atoms with Crippen LogP contribution in [-0.2, 0) is 0 Å². The maximum atomic E-state index is 12.3. The molecule has 0 spiro atoms. The van der Waals surface area contributed by atoms with Gasteiger partial charge in [-0.1, -0.05) is 0 Å². The Morgan fingerprint density at radius 3 is 2.70 bits per heavy atom. The number of amides is 1. The smallest absolute Gasteiger partial charge is 0.257 e. The third-order valence-electron chi connectivity index (χ3n) is 4.58. The molecule has 3 rings (SSSR count). The number of aryl methyl sites for hydroxylation is 2. The molecule has 0 bridgehead atoms. The van der Waals surface area contributed by atoms with E-state index in [2.05, 4.69) is 32.2 Å². The van der Waals surface area contributed by atoms with E-state index in [1.807, 2.05) is 16.2 Å². The molecule has 1 atom stereocenters. The number of hydrogen-bond donors (Lipinski definition) is 1. The van der Waals surface area contributed by atoms with E-state index in [4.69, 9.17) is 4.42 Å². The van der Waals surface area contributed by atoms with Gasteiger partial charge in [0, 0.05) is 34.9 Å². The van der Waals surface area contributed by atoms with Crippen LogP contribution in [0, 0.1) is 13.8 Å². The van der Waals surface area contributed by atoms with Crippen LogP contribution in [0.3, 0.4) is 0 Å². The topological polar surface area (TPSA) is 45.5 Å². The molecular formula is C18H24N2O2S. The minimum absolute atomic E-state index is 0.0783. The molecule has 0 aliphatic carbocycles. The van der Waals surface area contributed by atoms with Crippen LogP contribution in [0.25, 0.3) is 0 Å². The van der Waals surface area contributed by atoms with Gasteiger partial charge >= 0.3 is 0 Å². The maximum absolute atomic E-state index is 12.3. The fourth-order valence-corrected chi connectivity index (χ4v) is 4.36. The minimum atomic E-state index is 0.0783. The molecule has 4 nitrogen and oxygen atoms in total. The Morgan fingerprint density at radius 1 is 1.39 bits per heavy atom. The van der Waals surface area contributed by atoms with Crippen molar-refractivity contribution in [3.63, 3.8) is 0 Å². The van der Waals surface area contributed by atoms with Crippen molar-refractivity contribution in [2.45, 2.75) is 45.7 Å². The highest BCUT2D eigenvalue weighted by molar-refractivity contribution is 7.12. The zero-order chi connectivity index (χ0) is 16.4. The summed E-state index contributed by atoms with van der Waals surface area (Å²) in [7, 11) is 0. The van der Waals surface area contributed by atoms with Crippen LogP contribution in [0.15, 0.2) is 29.1 Å². The molecule has 124 valence electrons. The van der Waals surface area contributed by atoms with E-state index in [1.54, 1.807) is 12.3 Å².